The summed E-state index contributed by atoms with van der Waals surface area (Å²) >= 11 is 0. The zero-order chi connectivity index (χ0) is 16.2. The second-order valence-electron chi connectivity index (χ2n) is 5.62. The quantitative estimate of drug-likeness (QED) is 0.867. The lowest BCUT2D eigenvalue weighted by atomic mass is 10.0. The van der Waals surface area contributed by atoms with E-state index in [1.807, 2.05) is 19.1 Å². The Kier molecular flexibility index (Phi) is 5.03. The summed E-state index contributed by atoms with van der Waals surface area (Å²) in [5.41, 5.74) is 0.776. The number of rotatable bonds is 5. The molecule has 6 heteroatoms. The van der Waals surface area contributed by atoms with Crippen molar-refractivity contribution < 1.29 is 19.1 Å². The van der Waals surface area contributed by atoms with Crippen molar-refractivity contribution in [2.45, 2.75) is 32.3 Å². The lowest BCUT2D eigenvalue weighted by molar-refractivity contribution is -0.140. The summed E-state index contributed by atoms with van der Waals surface area (Å²) in [6.45, 7) is 4.15. The monoisotopic (exact) mass is 306 g/mol. The van der Waals surface area contributed by atoms with Crippen molar-refractivity contribution in [2.24, 2.45) is 0 Å². The number of carbonyl (C=O) groups is 2. The van der Waals surface area contributed by atoms with E-state index >= 15 is 0 Å². The maximum Gasteiger partial charge on any atom is 0.252 e. The van der Waals surface area contributed by atoms with Gasteiger partial charge >= 0.3 is 0 Å². The molecule has 0 aromatic heterocycles. The smallest absolute Gasteiger partial charge is 0.252 e. The molecule has 1 aromatic rings. The molecule has 1 aromatic carbocycles. The van der Waals surface area contributed by atoms with Crippen molar-refractivity contribution >= 4 is 17.5 Å². The predicted molar refractivity (Wildman–Crippen MR) is 83.0 cm³/mol. The van der Waals surface area contributed by atoms with Crippen molar-refractivity contribution in [1.82, 2.24) is 5.32 Å². The molecule has 1 atom stereocenters. The Morgan fingerprint density at radius 2 is 2.18 bits per heavy atom. The molecule has 120 valence electrons. The average molecular weight is 306 g/mol. The highest BCUT2D eigenvalue weighted by Gasteiger charge is 2.37. The van der Waals surface area contributed by atoms with Gasteiger partial charge in [-0.3, -0.25) is 9.59 Å². The largest absolute Gasteiger partial charge is 0.495 e. The Labute approximate surface area is 130 Å². The fourth-order valence-corrected chi connectivity index (χ4v) is 2.42. The van der Waals surface area contributed by atoms with Crippen LogP contribution in [0, 0.1) is 6.92 Å². The van der Waals surface area contributed by atoms with Crippen LogP contribution in [0.1, 0.15) is 25.3 Å². The minimum absolute atomic E-state index is 0.102. The SMILES string of the molecule is COc1ccc(C)cc1NC(=O)CNC(=O)C1(C)CCCO1. The van der Waals surface area contributed by atoms with Gasteiger partial charge in [-0.15, -0.1) is 0 Å². The molecule has 0 spiro atoms. The van der Waals surface area contributed by atoms with Crippen molar-refractivity contribution in [3.05, 3.63) is 23.8 Å². The summed E-state index contributed by atoms with van der Waals surface area (Å²) in [4.78, 5) is 24.1. The van der Waals surface area contributed by atoms with Crippen LogP contribution in [0.25, 0.3) is 0 Å². The number of benzene rings is 1. The van der Waals surface area contributed by atoms with E-state index < -0.39 is 5.60 Å². The van der Waals surface area contributed by atoms with Crippen LogP contribution in [0.15, 0.2) is 18.2 Å². The Morgan fingerprint density at radius 1 is 1.41 bits per heavy atom. The molecular formula is C16H22N2O4. The lowest BCUT2D eigenvalue weighted by Gasteiger charge is -2.21. The van der Waals surface area contributed by atoms with E-state index in [1.165, 1.54) is 0 Å². The molecule has 2 rings (SSSR count). The summed E-state index contributed by atoms with van der Waals surface area (Å²) < 4.78 is 10.6. The number of carbonyl (C=O) groups excluding carboxylic acids is 2. The number of methoxy groups -OCH3 is 1. The van der Waals surface area contributed by atoms with Crippen LogP contribution in [-0.2, 0) is 14.3 Å². The van der Waals surface area contributed by atoms with E-state index in [-0.39, 0.29) is 18.4 Å². The van der Waals surface area contributed by atoms with Crippen LogP contribution in [0.4, 0.5) is 5.69 Å². The second-order valence-corrected chi connectivity index (χ2v) is 5.62. The van der Waals surface area contributed by atoms with E-state index in [9.17, 15) is 9.59 Å². The van der Waals surface area contributed by atoms with Gasteiger partial charge in [0, 0.05) is 6.61 Å². The van der Waals surface area contributed by atoms with Crippen molar-refractivity contribution in [3.8, 4) is 5.75 Å². The number of nitrogens with one attached hydrogen (secondary N) is 2. The molecule has 0 bridgehead atoms. The second kappa shape index (κ2) is 6.79. The minimum atomic E-state index is -0.818. The van der Waals surface area contributed by atoms with Gasteiger partial charge in [0.1, 0.15) is 11.4 Å². The van der Waals surface area contributed by atoms with Crippen LogP contribution in [0.3, 0.4) is 0 Å². The first-order valence-electron chi connectivity index (χ1n) is 7.31. The molecule has 1 aliphatic rings. The first kappa shape index (κ1) is 16.3. The molecule has 1 unspecified atom stereocenters. The highest BCUT2D eigenvalue weighted by atomic mass is 16.5. The normalized spacial score (nSPS) is 20.5. The Hall–Kier alpha value is -2.08. The molecule has 2 amide bonds. The van der Waals surface area contributed by atoms with Crippen molar-refractivity contribution in [1.29, 1.82) is 0 Å². The van der Waals surface area contributed by atoms with Gasteiger partial charge in [0.15, 0.2) is 0 Å². The summed E-state index contributed by atoms with van der Waals surface area (Å²) in [5, 5.41) is 5.36. The van der Waals surface area contributed by atoms with E-state index in [0.29, 0.717) is 24.5 Å². The molecule has 6 nitrogen and oxygen atoms in total. The highest BCUT2D eigenvalue weighted by Crippen LogP contribution is 2.26. The van der Waals surface area contributed by atoms with Gasteiger partial charge in [-0.1, -0.05) is 6.07 Å². The summed E-state index contributed by atoms with van der Waals surface area (Å²) in [5.74, 6) is 0.0200. The van der Waals surface area contributed by atoms with Gasteiger partial charge < -0.3 is 20.1 Å². The number of hydrogen-bond acceptors (Lipinski definition) is 4. The standard InChI is InChI=1S/C16H22N2O4/c1-11-5-6-13(21-3)12(9-11)18-14(19)10-17-15(20)16(2)7-4-8-22-16/h5-6,9H,4,7-8,10H2,1-3H3,(H,17,20)(H,18,19). The van der Waals surface area contributed by atoms with Crippen LogP contribution in [-0.4, -0.2) is 37.7 Å². The third-order valence-corrected chi connectivity index (χ3v) is 3.74. The lowest BCUT2D eigenvalue weighted by Crippen LogP contribution is -2.46. The molecule has 2 N–H and O–H groups in total. The van der Waals surface area contributed by atoms with E-state index in [2.05, 4.69) is 10.6 Å². The fraction of sp³-hybridized carbons (Fsp3) is 0.500. The minimum Gasteiger partial charge on any atom is -0.495 e. The maximum absolute atomic E-state index is 12.1. The molecule has 0 aliphatic carbocycles. The topological polar surface area (TPSA) is 76.7 Å². The van der Waals surface area contributed by atoms with Crippen LogP contribution >= 0.6 is 0 Å². The molecule has 0 radical (unpaired) electrons. The molecular weight excluding hydrogens is 284 g/mol. The predicted octanol–water partition coefficient (Wildman–Crippen LogP) is 1.63. The molecule has 1 fully saturated rings. The van der Waals surface area contributed by atoms with Gasteiger partial charge in [-0.25, -0.2) is 0 Å². The Morgan fingerprint density at radius 3 is 2.82 bits per heavy atom. The number of hydrogen-bond donors (Lipinski definition) is 2. The number of aryl methyl sites for hydroxylation is 1. The van der Waals surface area contributed by atoms with Gasteiger partial charge in [0.2, 0.25) is 5.91 Å². The number of anilines is 1. The van der Waals surface area contributed by atoms with Gasteiger partial charge in [-0.2, -0.15) is 0 Å². The summed E-state index contributed by atoms with van der Waals surface area (Å²) in [7, 11) is 1.54. The van der Waals surface area contributed by atoms with Gasteiger partial charge in [0.05, 0.1) is 19.3 Å². The van der Waals surface area contributed by atoms with E-state index in [4.69, 9.17) is 9.47 Å². The van der Waals surface area contributed by atoms with Gasteiger partial charge in [-0.05, 0) is 44.4 Å². The molecule has 1 saturated heterocycles. The summed E-state index contributed by atoms with van der Waals surface area (Å²) in [6.07, 6.45) is 1.53. The third-order valence-electron chi connectivity index (χ3n) is 3.74. The molecule has 22 heavy (non-hydrogen) atoms. The maximum atomic E-state index is 12.1. The average Bonchev–Trinajstić information content (AvgIpc) is 2.93. The third kappa shape index (κ3) is 3.76. The van der Waals surface area contributed by atoms with Crippen molar-refractivity contribution in [2.75, 3.05) is 25.6 Å². The number of amides is 2. The van der Waals surface area contributed by atoms with Crippen LogP contribution in [0.5, 0.6) is 5.75 Å². The molecule has 1 heterocycles. The van der Waals surface area contributed by atoms with Crippen LogP contribution in [0.2, 0.25) is 0 Å². The zero-order valence-corrected chi connectivity index (χ0v) is 13.2. The first-order chi connectivity index (χ1) is 10.4. The summed E-state index contributed by atoms with van der Waals surface area (Å²) in [6, 6.07) is 5.51. The highest BCUT2D eigenvalue weighted by molar-refractivity contribution is 5.96. The van der Waals surface area contributed by atoms with E-state index in [1.54, 1.807) is 20.1 Å². The Balaban J connectivity index is 1.91. The van der Waals surface area contributed by atoms with Gasteiger partial charge in [0.25, 0.3) is 5.91 Å². The fourth-order valence-electron chi connectivity index (χ4n) is 2.42. The molecule has 0 saturated carbocycles. The Bertz CT molecular complexity index is 565. The van der Waals surface area contributed by atoms with Crippen LogP contribution < -0.4 is 15.4 Å². The number of ether oxygens (including phenoxy) is 2. The zero-order valence-electron chi connectivity index (χ0n) is 13.2. The molecule has 1 aliphatic heterocycles. The van der Waals surface area contributed by atoms with Crippen molar-refractivity contribution in [3.63, 3.8) is 0 Å². The first-order valence-corrected chi connectivity index (χ1v) is 7.31. The van der Waals surface area contributed by atoms with E-state index in [0.717, 1.165) is 12.0 Å².